The van der Waals surface area contributed by atoms with Crippen LogP contribution in [0.15, 0.2) is 43.0 Å². The molecule has 0 aromatic heterocycles. The van der Waals surface area contributed by atoms with E-state index in [0.29, 0.717) is 26.1 Å². The first-order valence-electron chi connectivity index (χ1n) is 14.6. The Balaban J connectivity index is 1.41. The maximum Gasteiger partial charge on any atom is 0.228 e. The number of nitrogens with one attached hydrogen (secondary N) is 2. The molecule has 1 saturated heterocycles. The third kappa shape index (κ3) is 7.95. The van der Waals surface area contributed by atoms with Gasteiger partial charge in [0.25, 0.3) is 0 Å². The molecule has 0 spiro atoms. The summed E-state index contributed by atoms with van der Waals surface area (Å²) in [4.78, 5) is 29.2. The minimum Gasteiger partial charge on any atom is -0.497 e. The number of rotatable bonds is 14. The highest BCUT2D eigenvalue weighted by Gasteiger charge is 2.39. The summed E-state index contributed by atoms with van der Waals surface area (Å²) in [6.07, 6.45) is 8.61. The van der Waals surface area contributed by atoms with Gasteiger partial charge >= 0.3 is 0 Å². The molecular formula is C33H45N3O4. The third-order valence-electron chi connectivity index (χ3n) is 8.04. The second kappa shape index (κ2) is 14.5. The number of ether oxygens (including phenoxy) is 2. The lowest BCUT2D eigenvalue weighted by Crippen LogP contribution is -2.48. The number of amides is 2. The molecule has 1 aliphatic carbocycles. The van der Waals surface area contributed by atoms with E-state index in [1.807, 2.05) is 36.1 Å². The van der Waals surface area contributed by atoms with Gasteiger partial charge in [0.1, 0.15) is 5.75 Å². The Hall–Kier alpha value is -3.16. The van der Waals surface area contributed by atoms with Gasteiger partial charge in [-0.15, -0.1) is 0 Å². The fraction of sp³-hybridized carbons (Fsp3) is 0.515. The van der Waals surface area contributed by atoms with Crippen LogP contribution in [-0.4, -0.2) is 56.7 Å². The summed E-state index contributed by atoms with van der Waals surface area (Å²) in [6.45, 7) is 8.38. The molecule has 2 fully saturated rings. The number of hydrogen-bond acceptors (Lipinski definition) is 5. The van der Waals surface area contributed by atoms with Crippen molar-refractivity contribution in [3.63, 3.8) is 0 Å². The summed E-state index contributed by atoms with van der Waals surface area (Å²) in [7, 11) is 3.43. The van der Waals surface area contributed by atoms with E-state index >= 15 is 0 Å². The number of para-hydroxylation sites is 1. The van der Waals surface area contributed by atoms with Crippen molar-refractivity contribution in [2.24, 2.45) is 11.8 Å². The minimum atomic E-state index is -0.275. The van der Waals surface area contributed by atoms with Gasteiger partial charge in [-0.05, 0) is 79.8 Å². The first-order chi connectivity index (χ1) is 19.4. The Bertz CT molecular complexity index is 1180. The van der Waals surface area contributed by atoms with E-state index in [0.717, 1.165) is 73.3 Å². The summed E-state index contributed by atoms with van der Waals surface area (Å²) < 4.78 is 10.8. The van der Waals surface area contributed by atoms with Crippen LogP contribution in [0, 0.1) is 18.8 Å². The van der Waals surface area contributed by atoms with Crippen molar-refractivity contribution in [3.8, 4) is 5.75 Å². The van der Waals surface area contributed by atoms with E-state index < -0.39 is 0 Å². The summed E-state index contributed by atoms with van der Waals surface area (Å²) in [6, 6.07) is 12.5. The van der Waals surface area contributed by atoms with E-state index in [4.69, 9.17) is 9.47 Å². The molecule has 1 saturated carbocycles. The van der Waals surface area contributed by atoms with Crippen LogP contribution in [0.5, 0.6) is 5.75 Å². The maximum atomic E-state index is 13.9. The van der Waals surface area contributed by atoms with E-state index in [1.54, 1.807) is 20.3 Å². The fourth-order valence-corrected chi connectivity index (χ4v) is 5.63. The van der Waals surface area contributed by atoms with Gasteiger partial charge in [-0.1, -0.05) is 43.3 Å². The smallest absolute Gasteiger partial charge is 0.228 e. The maximum absolute atomic E-state index is 13.9. The molecule has 40 heavy (non-hydrogen) atoms. The van der Waals surface area contributed by atoms with Gasteiger partial charge in [-0.3, -0.25) is 9.59 Å². The van der Waals surface area contributed by atoms with Crippen LogP contribution in [0.3, 0.4) is 0 Å². The first kappa shape index (κ1) is 29.8. The van der Waals surface area contributed by atoms with Crippen LogP contribution in [-0.2, 0) is 27.3 Å². The van der Waals surface area contributed by atoms with Crippen molar-refractivity contribution < 1.29 is 19.1 Å². The van der Waals surface area contributed by atoms with Gasteiger partial charge in [-0.25, -0.2) is 0 Å². The lowest BCUT2D eigenvalue weighted by atomic mass is 9.88. The SMILES string of the molecule is C=Cc1cccc(C)c1NC(=O)[C@@H]1CNC[C@H](C(=O)N(Cc2cc(CCCCCOC)cc(OC)c2)C2CC2)C1. The molecule has 2 N–H and O–H groups in total. The van der Waals surface area contributed by atoms with Crippen LogP contribution >= 0.6 is 0 Å². The molecule has 4 rings (SSSR count). The molecule has 7 heteroatoms. The Kier molecular flexibility index (Phi) is 10.8. The van der Waals surface area contributed by atoms with Crippen LogP contribution in [0.2, 0.25) is 0 Å². The molecule has 0 bridgehead atoms. The molecule has 2 aliphatic rings. The predicted octanol–water partition coefficient (Wildman–Crippen LogP) is 5.36. The fourth-order valence-electron chi connectivity index (χ4n) is 5.63. The predicted molar refractivity (Wildman–Crippen MR) is 160 cm³/mol. The quantitative estimate of drug-likeness (QED) is 0.311. The van der Waals surface area contributed by atoms with Crippen molar-refractivity contribution in [1.82, 2.24) is 10.2 Å². The molecule has 7 nitrogen and oxygen atoms in total. The molecule has 0 radical (unpaired) electrons. The first-order valence-corrected chi connectivity index (χ1v) is 14.6. The number of benzene rings is 2. The Morgan fingerprint density at radius 3 is 2.58 bits per heavy atom. The zero-order chi connectivity index (χ0) is 28.5. The van der Waals surface area contributed by atoms with Crippen molar-refractivity contribution >= 4 is 23.6 Å². The van der Waals surface area contributed by atoms with Gasteiger partial charge in [0.15, 0.2) is 0 Å². The standard InChI is InChI=1S/C33H45N3O4/c1-5-26-12-9-10-23(2)31(26)35-32(37)27-19-28(21-34-20-27)33(38)36(29-13-14-29)22-25-16-24(17-30(18-25)40-4)11-7-6-8-15-39-3/h5,9-10,12,16-18,27-29,34H,1,6-8,11,13-15,19-22H2,2-4H3,(H,35,37)/t27-,28+/m0/s1. The number of piperidine rings is 1. The van der Waals surface area contributed by atoms with Crippen LogP contribution < -0.4 is 15.4 Å². The molecule has 2 aromatic rings. The molecule has 216 valence electrons. The Labute approximate surface area is 239 Å². The van der Waals surface area contributed by atoms with E-state index in [1.165, 1.54) is 5.56 Å². The average Bonchev–Trinajstić information content (AvgIpc) is 3.82. The normalized spacial score (nSPS) is 18.7. The number of carbonyl (C=O) groups is 2. The summed E-state index contributed by atoms with van der Waals surface area (Å²) in [5.74, 6) is 0.412. The molecule has 2 amide bonds. The molecule has 1 aliphatic heterocycles. The monoisotopic (exact) mass is 547 g/mol. The molecular weight excluding hydrogens is 502 g/mol. The number of carbonyl (C=O) groups excluding carboxylic acids is 2. The Morgan fingerprint density at radius 2 is 1.85 bits per heavy atom. The van der Waals surface area contributed by atoms with Crippen LogP contribution in [0.1, 0.15) is 60.8 Å². The molecule has 2 atom stereocenters. The number of hydrogen-bond donors (Lipinski definition) is 2. The van der Waals surface area contributed by atoms with Gasteiger partial charge in [0.05, 0.1) is 24.6 Å². The number of unbranched alkanes of at least 4 members (excludes halogenated alkanes) is 2. The number of aryl methyl sites for hydroxylation is 2. The molecule has 0 unspecified atom stereocenters. The van der Waals surface area contributed by atoms with Gasteiger partial charge in [-0.2, -0.15) is 0 Å². The molecule has 2 aromatic carbocycles. The lowest BCUT2D eigenvalue weighted by Gasteiger charge is -2.33. The van der Waals surface area contributed by atoms with E-state index in [2.05, 4.69) is 29.3 Å². The van der Waals surface area contributed by atoms with E-state index in [9.17, 15) is 9.59 Å². The van der Waals surface area contributed by atoms with Crippen LogP contribution in [0.25, 0.3) is 6.08 Å². The zero-order valence-corrected chi connectivity index (χ0v) is 24.3. The van der Waals surface area contributed by atoms with Gasteiger partial charge in [0, 0.05) is 39.4 Å². The highest BCUT2D eigenvalue weighted by atomic mass is 16.5. The summed E-state index contributed by atoms with van der Waals surface area (Å²) in [5.41, 5.74) is 5.03. The minimum absolute atomic E-state index is 0.0525. The topological polar surface area (TPSA) is 79.9 Å². The Morgan fingerprint density at radius 1 is 1.07 bits per heavy atom. The number of anilines is 1. The van der Waals surface area contributed by atoms with Crippen molar-refractivity contribution in [1.29, 1.82) is 0 Å². The van der Waals surface area contributed by atoms with Gasteiger partial charge < -0.3 is 25.0 Å². The van der Waals surface area contributed by atoms with Gasteiger partial charge in [0.2, 0.25) is 11.8 Å². The van der Waals surface area contributed by atoms with Crippen LogP contribution in [0.4, 0.5) is 5.69 Å². The van der Waals surface area contributed by atoms with E-state index in [-0.39, 0.29) is 29.7 Å². The summed E-state index contributed by atoms with van der Waals surface area (Å²) in [5, 5.41) is 6.48. The molecule has 1 heterocycles. The second-order valence-corrected chi connectivity index (χ2v) is 11.2. The largest absolute Gasteiger partial charge is 0.497 e. The third-order valence-corrected chi connectivity index (χ3v) is 8.04. The number of methoxy groups -OCH3 is 2. The lowest BCUT2D eigenvalue weighted by molar-refractivity contribution is -0.138. The zero-order valence-electron chi connectivity index (χ0n) is 24.3. The van der Waals surface area contributed by atoms with Crippen molar-refractivity contribution in [2.45, 2.75) is 64.5 Å². The number of nitrogens with zero attached hydrogens (tertiary/aromatic N) is 1. The second-order valence-electron chi connectivity index (χ2n) is 11.2. The van der Waals surface area contributed by atoms with Crippen molar-refractivity contribution in [2.75, 3.05) is 39.2 Å². The van der Waals surface area contributed by atoms with Crippen molar-refractivity contribution in [3.05, 3.63) is 65.2 Å². The highest BCUT2D eigenvalue weighted by molar-refractivity contribution is 5.96. The average molecular weight is 548 g/mol. The highest BCUT2D eigenvalue weighted by Crippen LogP contribution is 2.33. The summed E-state index contributed by atoms with van der Waals surface area (Å²) >= 11 is 0.